The number of amides is 4. The van der Waals surface area contributed by atoms with Crippen molar-refractivity contribution in [2.45, 2.75) is 52.5 Å². The molecule has 39 heavy (non-hydrogen) atoms. The average Bonchev–Trinajstić information content (AvgIpc) is 3.26. The van der Waals surface area contributed by atoms with Gasteiger partial charge in [0.25, 0.3) is 0 Å². The Morgan fingerprint density at radius 3 is 2.59 bits per heavy atom. The molecule has 0 bridgehead atoms. The number of Topliss-reactive ketones (excluding diaryl/α,β-unsaturated/α-hetero) is 1. The third-order valence-corrected chi connectivity index (χ3v) is 8.73. The summed E-state index contributed by atoms with van der Waals surface area (Å²) in [7, 11) is 0. The van der Waals surface area contributed by atoms with E-state index in [0.717, 1.165) is 62.2 Å². The van der Waals surface area contributed by atoms with Gasteiger partial charge in [-0.3, -0.25) is 10.1 Å². The second kappa shape index (κ2) is 13.3. The molecule has 0 radical (unpaired) electrons. The van der Waals surface area contributed by atoms with E-state index >= 15 is 0 Å². The number of ketones is 1. The highest BCUT2D eigenvalue weighted by Gasteiger charge is 2.34. The summed E-state index contributed by atoms with van der Waals surface area (Å²) < 4.78 is 13.3. The Morgan fingerprint density at radius 2 is 1.90 bits per heavy atom. The van der Waals surface area contributed by atoms with Crippen molar-refractivity contribution in [3.63, 3.8) is 0 Å². The van der Waals surface area contributed by atoms with Crippen LogP contribution in [0.15, 0.2) is 24.3 Å². The molecule has 2 aliphatic rings. The second-order valence-corrected chi connectivity index (χ2v) is 11.6. The number of rotatable bonds is 8. The molecule has 9 nitrogen and oxygen atoms in total. The highest BCUT2D eigenvalue weighted by molar-refractivity contribution is 7.17. The van der Waals surface area contributed by atoms with E-state index in [9.17, 15) is 18.8 Å². The Balaban J connectivity index is 1.39. The number of thiazole rings is 1. The number of nitrogens with zero attached hydrogens (tertiary/aromatic N) is 3. The summed E-state index contributed by atoms with van der Waals surface area (Å²) >= 11 is 1.16. The molecule has 212 valence electrons. The Bertz CT molecular complexity index is 1160. The molecule has 3 N–H and O–H groups in total. The van der Waals surface area contributed by atoms with E-state index in [1.807, 2.05) is 19.1 Å². The minimum atomic E-state index is -0.389. The third-order valence-electron chi connectivity index (χ3n) is 7.56. The maximum Gasteiger partial charge on any atom is 0.321 e. The van der Waals surface area contributed by atoms with Gasteiger partial charge in [0.15, 0.2) is 10.9 Å². The van der Waals surface area contributed by atoms with Crippen LogP contribution >= 0.6 is 11.3 Å². The summed E-state index contributed by atoms with van der Waals surface area (Å²) in [5.41, 5.74) is 1.75. The lowest BCUT2D eigenvalue weighted by molar-refractivity contribution is 0.0985. The first-order valence-corrected chi connectivity index (χ1v) is 14.6. The van der Waals surface area contributed by atoms with E-state index in [1.165, 1.54) is 19.1 Å². The van der Waals surface area contributed by atoms with Crippen LogP contribution in [-0.2, 0) is 6.42 Å². The minimum absolute atomic E-state index is 0.0809. The molecule has 2 saturated heterocycles. The first-order valence-electron chi connectivity index (χ1n) is 13.8. The van der Waals surface area contributed by atoms with Gasteiger partial charge in [-0.25, -0.2) is 19.0 Å². The molecular weight excluding hydrogens is 519 g/mol. The van der Waals surface area contributed by atoms with Crippen LogP contribution in [-0.4, -0.2) is 77.9 Å². The van der Waals surface area contributed by atoms with Crippen molar-refractivity contribution in [3.8, 4) is 0 Å². The van der Waals surface area contributed by atoms with Crippen LogP contribution in [0.1, 0.15) is 54.0 Å². The average molecular weight is 559 g/mol. The van der Waals surface area contributed by atoms with Crippen molar-refractivity contribution in [2.24, 2.45) is 11.8 Å². The van der Waals surface area contributed by atoms with Gasteiger partial charge in [-0.05, 0) is 75.6 Å². The van der Waals surface area contributed by atoms with Gasteiger partial charge in [-0.2, -0.15) is 0 Å². The van der Waals surface area contributed by atoms with E-state index in [-0.39, 0.29) is 35.6 Å². The standard InChI is InChI=1S/C28H39FN6O3S/c1-4-30-28(38)35-13-11-22(16-34-12-5-6-21(15-34)14-20-7-9-23(29)10-8-20)24(17-35)32-26(37)33-27-31-18(2)25(39-27)19(3)36/h7-10,21-22,24H,4-6,11-17H2,1-3H3,(H,30,38)(H2,31,32,33,37)/t21-,22-,24-/m0/s1. The molecule has 0 unspecified atom stereocenters. The highest BCUT2D eigenvalue weighted by Crippen LogP contribution is 2.26. The molecule has 2 fully saturated rings. The zero-order valence-corrected chi connectivity index (χ0v) is 23.8. The van der Waals surface area contributed by atoms with E-state index in [4.69, 9.17) is 0 Å². The minimum Gasteiger partial charge on any atom is -0.338 e. The van der Waals surface area contributed by atoms with Crippen molar-refractivity contribution in [1.29, 1.82) is 0 Å². The maximum absolute atomic E-state index is 13.3. The molecular formula is C28H39FN6O3S. The van der Waals surface area contributed by atoms with Gasteiger partial charge >= 0.3 is 12.1 Å². The number of aryl methyl sites for hydroxylation is 1. The van der Waals surface area contributed by atoms with Crippen LogP contribution < -0.4 is 16.0 Å². The second-order valence-electron chi connectivity index (χ2n) is 10.6. The summed E-state index contributed by atoms with van der Waals surface area (Å²) in [5.74, 6) is 0.382. The van der Waals surface area contributed by atoms with Crippen molar-refractivity contribution in [3.05, 3.63) is 46.2 Å². The van der Waals surface area contributed by atoms with E-state index in [1.54, 1.807) is 11.8 Å². The van der Waals surface area contributed by atoms with Gasteiger partial charge in [0, 0.05) is 39.6 Å². The Hall–Kier alpha value is -3.05. The van der Waals surface area contributed by atoms with E-state index < -0.39 is 0 Å². The Kier molecular flexibility index (Phi) is 9.90. The lowest BCUT2D eigenvalue weighted by Crippen LogP contribution is -2.58. The summed E-state index contributed by atoms with van der Waals surface area (Å²) in [6.07, 6.45) is 3.95. The monoisotopic (exact) mass is 558 g/mol. The fraction of sp³-hybridized carbons (Fsp3) is 0.571. The SMILES string of the molecule is CCNC(=O)N1CC[C@@H](CN2CCC[C@@H](Cc3ccc(F)cc3)C2)[C@@H](NC(=O)Nc2nc(C)c(C(C)=O)s2)C1. The zero-order chi connectivity index (χ0) is 27.9. The first-order chi connectivity index (χ1) is 18.7. The number of carbonyl (C=O) groups is 3. The van der Waals surface area contributed by atoms with Crippen LogP contribution in [0.3, 0.4) is 0 Å². The first kappa shape index (κ1) is 28.9. The molecule has 0 aliphatic carbocycles. The number of halogens is 1. The predicted molar refractivity (Wildman–Crippen MR) is 151 cm³/mol. The molecule has 2 aliphatic heterocycles. The smallest absolute Gasteiger partial charge is 0.321 e. The number of aromatic nitrogens is 1. The fourth-order valence-corrected chi connectivity index (χ4v) is 6.53. The fourth-order valence-electron chi connectivity index (χ4n) is 5.68. The number of urea groups is 2. The number of carbonyl (C=O) groups excluding carboxylic acids is 3. The van der Waals surface area contributed by atoms with Gasteiger partial charge < -0.3 is 20.4 Å². The van der Waals surface area contributed by atoms with Crippen LogP contribution in [0.5, 0.6) is 0 Å². The quantitative estimate of drug-likeness (QED) is 0.419. The van der Waals surface area contributed by atoms with Gasteiger partial charge in [0.2, 0.25) is 0 Å². The molecule has 1 aromatic heterocycles. The maximum atomic E-state index is 13.3. The highest BCUT2D eigenvalue weighted by atomic mass is 32.1. The molecule has 11 heteroatoms. The normalized spacial score (nSPS) is 21.8. The number of piperidine rings is 2. The molecule has 1 aromatic carbocycles. The Morgan fingerprint density at radius 1 is 1.13 bits per heavy atom. The molecule has 0 spiro atoms. The van der Waals surface area contributed by atoms with Crippen molar-refractivity contribution < 1.29 is 18.8 Å². The van der Waals surface area contributed by atoms with Gasteiger partial charge in [-0.1, -0.05) is 23.5 Å². The number of hydrogen-bond acceptors (Lipinski definition) is 6. The number of anilines is 1. The van der Waals surface area contributed by atoms with E-state index in [2.05, 4.69) is 25.8 Å². The lowest BCUT2D eigenvalue weighted by Gasteiger charge is -2.42. The molecule has 3 atom stereocenters. The lowest BCUT2D eigenvalue weighted by atomic mass is 9.87. The largest absolute Gasteiger partial charge is 0.338 e. The molecule has 4 rings (SSSR count). The summed E-state index contributed by atoms with van der Waals surface area (Å²) in [4.78, 5) is 46.4. The predicted octanol–water partition coefficient (Wildman–Crippen LogP) is 4.29. The van der Waals surface area contributed by atoms with Gasteiger partial charge in [0.1, 0.15) is 5.82 Å². The van der Waals surface area contributed by atoms with E-state index in [0.29, 0.717) is 41.3 Å². The molecule has 2 aromatic rings. The van der Waals surface area contributed by atoms with Gasteiger partial charge in [0.05, 0.1) is 16.6 Å². The molecule has 0 saturated carbocycles. The Labute approximate surface area is 233 Å². The van der Waals surface area contributed by atoms with Crippen molar-refractivity contribution >= 4 is 34.3 Å². The molecule has 4 amide bonds. The third kappa shape index (κ3) is 7.98. The topological polar surface area (TPSA) is 107 Å². The van der Waals surface area contributed by atoms with Gasteiger partial charge in [-0.15, -0.1) is 0 Å². The summed E-state index contributed by atoms with van der Waals surface area (Å²) in [6.45, 7) is 9.51. The number of nitrogens with one attached hydrogen (secondary N) is 3. The van der Waals surface area contributed by atoms with Crippen LogP contribution in [0.2, 0.25) is 0 Å². The number of hydrogen-bond donors (Lipinski definition) is 3. The number of likely N-dealkylation sites (tertiary alicyclic amines) is 2. The summed E-state index contributed by atoms with van der Waals surface area (Å²) in [5, 5.41) is 9.12. The zero-order valence-electron chi connectivity index (χ0n) is 23.0. The van der Waals surface area contributed by atoms with Crippen LogP contribution in [0, 0.1) is 24.6 Å². The van der Waals surface area contributed by atoms with Crippen molar-refractivity contribution in [1.82, 2.24) is 25.4 Å². The molecule has 3 heterocycles. The van der Waals surface area contributed by atoms with Crippen LogP contribution in [0.4, 0.5) is 19.1 Å². The number of benzene rings is 1. The summed E-state index contributed by atoms with van der Waals surface area (Å²) in [6, 6.07) is 6.04. The van der Waals surface area contributed by atoms with Crippen molar-refractivity contribution in [2.75, 3.05) is 44.6 Å². The van der Waals surface area contributed by atoms with Crippen LogP contribution in [0.25, 0.3) is 0 Å².